The van der Waals surface area contributed by atoms with E-state index in [9.17, 15) is 9.59 Å². The first kappa shape index (κ1) is 19.7. The van der Waals surface area contributed by atoms with Gasteiger partial charge in [0.15, 0.2) is 5.76 Å². The highest BCUT2D eigenvalue weighted by atomic mass is 16.7. The number of benzene rings is 1. The maximum Gasteiger partial charge on any atom is 0.288 e. The van der Waals surface area contributed by atoms with Crippen molar-refractivity contribution in [3.8, 4) is 0 Å². The van der Waals surface area contributed by atoms with Crippen molar-refractivity contribution in [2.45, 2.75) is 38.4 Å². The molecule has 3 heterocycles. The number of aromatic nitrogens is 1. The number of nitrogens with zero attached hydrogens (tertiary/aromatic N) is 2. The third kappa shape index (κ3) is 4.21. The van der Waals surface area contributed by atoms with E-state index in [1.807, 2.05) is 36.5 Å². The predicted molar refractivity (Wildman–Crippen MR) is 107 cm³/mol. The molecule has 1 N–H and O–H groups in total. The number of aliphatic hydroxyl groups excluding tert-OH is 1. The molecule has 7 nitrogen and oxygen atoms in total. The second-order valence-electron chi connectivity index (χ2n) is 7.50. The van der Waals surface area contributed by atoms with E-state index in [1.165, 1.54) is 0 Å². The number of hydrogen-bond donors (Lipinski definition) is 1. The summed E-state index contributed by atoms with van der Waals surface area (Å²) < 4.78 is 13.4. The second kappa shape index (κ2) is 8.39. The molecule has 0 aliphatic carbocycles. The Bertz CT molecular complexity index is 944. The predicted octanol–water partition coefficient (Wildman–Crippen LogP) is 2.65. The van der Waals surface area contributed by atoms with Crippen molar-refractivity contribution < 1.29 is 24.2 Å². The Balaban J connectivity index is 1.65. The maximum atomic E-state index is 12.6. The molecule has 1 saturated heterocycles. The highest BCUT2D eigenvalue weighted by molar-refractivity contribution is 5.95. The quantitative estimate of drug-likeness (QED) is 0.573. The van der Waals surface area contributed by atoms with E-state index in [2.05, 4.69) is 0 Å². The van der Waals surface area contributed by atoms with E-state index in [0.717, 1.165) is 36.0 Å². The van der Waals surface area contributed by atoms with E-state index in [-0.39, 0.29) is 24.3 Å². The van der Waals surface area contributed by atoms with Crippen LogP contribution >= 0.6 is 0 Å². The zero-order valence-electron chi connectivity index (χ0n) is 16.5. The van der Waals surface area contributed by atoms with Crippen LogP contribution in [0.1, 0.15) is 42.5 Å². The molecule has 2 atom stereocenters. The summed E-state index contributed by atoms with van der Waals surface area (Å²) in [5.41, 5.74) is 1.84. The van der Waals surface area contributed by atoms with E-state index >= 15 is 0 Å². The van der Waals surface area contributed by atoms with Crippen molar-refractivity contribution in [3.05, 3.63) is 47.9 Å². The first-order chi connectivity index (χ1) is 14.1. The molecule has 7 heteroatoms. The van der Waals surface area contributed by atoms with Crippen LogP contribution in [0.5, 0.6) is 0 Å². The minimum atomic E-state index is -0.540. The number of hydrogen-bond acceptors (Lipinski definition) is 5. The molecule has 1 fully saturated rings. The minimum Gasteiger partial charge on any atom is -0.459 e. The summed E-state index contributed by atoms with van der Waals surface area (Å²) in [6.07, 6.45) is 5.13. The third-order valence-electron chi connectivity index (χ3n) is 5.34. The first-order valence-corrected chi connectivity index (χ1v) is 10.1. The molecule has 4 rings (SSSR count). The number of unbranched alkanes of at least 4 members (excludes halogenated alkanes) is 1. The van der Waals surface area contributed by atoms with Gasteiger partial charge in [-0.05, 0) is 30.5 Å². The van der Waals surface area contributed by atoms with Gasteiger partial charge in [-0.3, -0.25) is 14.2 Å². The lowest BCUT2D eigenvalue weighted by Crippen LogP contribution is -2.29. The molecule has 0 radical (unpaired) electrons. The zero-order valence-corrected chi connectivity index (χ0v) is 16.5. The monoisotopic (exact) mass is 398 g/mol. The summed E-state index contributed by atoms with van der Waals surface area (Å²) in [5, 5.41) is 9.94. The van der Waals surface area contributed by atoms with Crippen LogP contribution in [0.25, 0.3) is 10.9 Å². The van der Waals surface area contributed by atoms with Crippen LogP contribution in [-0.4, -0.2) is 59.0 Å². The minimum absolute atomic E-state index is 0.0549. The second-order valence-corrected chi connectivity index (χ2v) is 7.50. The maximum absolute atomic E-state index is 12.6. The number of aliphatic hydroxyl groups is 1. The van der Waals surface area contributed by atoms with Gasteiger partial charge in [-0.2, -0.15) is 0 Å². The summed E-state index contributed by atoms with van der Waals surface area (Å²) in [6.45, 7) is 3.61. The fourth-order valence-electron chi connectivity index (χ4n) is 3.73. The van der Waals surface area contributed by atoms with Gasteiger partial charge >= 0.3 is 0 Å². The van der Waals surface area contributed by atoms with Crippen LogP contribution in [0.4, 0.5) is 0 Å². The molecule has 2 aromatic rings. The van der Waals surface area contributed by atoms with Gasteiger partial charge in [-0.1, -0.05) is 18.2 Å². The molecule has 0 bridgehead atoms. The lowest BCUT2D eigenvalue weighted by atomic mass is 9.92. The highest BCUT2D eigenvalue weighted by Crippen LogP contribution is 2.37. The van der Waals surface area contributed by atoms with E-state index in [4.69, 9.17) is 14.6 Å². The van der Waals surface area contributed by atoms with Crippen LogP contribution in [0.15, 0.2) is 42.3 Å². The fraction of sp³-hybridized carbons (Fsp3) is 0.455. The van der Waals surface area contributed by atoms with E-state index in [0.29, 0.717) is 25.2 Å². The standard InChI is InChI=1S/C22H26N2O5/c1-15(26)24-14-18(17-6-2-3-7-19(17)24)16-12-20(22(27)23-8-9-23)29-21(13-16)28-11-5-4-10-25/h2-3,6-7,12,14,16,21,25H,4-5,8-11,13H2,1H3/t16-,21+/m1/s1. The van der Waals surface area contributed by atoms with Crippen molar-refractivity contribution in [1.82, 2.24) is 9.47 Å². The van der Waals surface area contributed by atoms with Gasteiger partial charge in [-0.15, -0.1) is 0 Å². The molecule has 1 aromatic carbocycles. The molecule has 29 heavy (non-hydrogen) atoms. The Morgan fingerprint density at radius 1 is 1.24 bits per heavy atom. The van der Waals surface area contributed by atoms with Gasteiger partial charge in [0, 0.05) is 50.5 Å². The number of amides is 1. The molecule has 1 amide bonds. The topological polar surface area (TPSA) is 80.8 Å². The van der Waals surface area contributed by atoms with E-state index < -0.39 is 6.29 Å². The normalized spacial score (nSPS) is 21.0. The summed E-state index contributed by atoms with van der Waals surface area (Å²) in [5.74, 6) is 0.0382. The van der Waals surface area contributed by atoms with Crippen molar-refractivity contribution >= 4 is 22.7 Å². The summed E-state index contributed by atoms with van der Waals surface area (Å²) >= 11 is 0. The number of allylic oxidation sites excluding steroid dienone is 1. The molecule has 0 unspecified atom stereocenters. The number of carbonyl (C=O) groups excluding carboxylic acids is 2. The Hall–Kier alpha value is -2.64. The summed E-state index contributed by atoms with van der Waals surface area (Å²) in [4.78, 5) is 26.4. The zero-order chi connectivity index (χ0) is 20.4. The van der Waals surface area contributed by atoms with Crippen molar-refractivity contribution in [3.63, 3.8) is 0 Å². The SMILES string of the molecule is CC(=O)n1cc([C@@H]2C=C(C(=O)N3CC3)O[C@H](OCCCCO)C2)c2ccccc21. The van der Waals surface area contributed by atoms with Gasteiger partial charge in [0.1, 0.15) is 0 Å². The molecular weight excluding hydrogens is 372 g/mol. The van der Waals surface area contributed by atoms with Gasteiger partial charge in [0.05, 0.1) is 12.1 Å². The Labute approximate surface area is 169 Å². The molecular formula is C22H26N2O5. The average molecular weight is 398 g/mol. The number of ether oxygens (including phenoxy) is 2. The van der Waals surface area contributed by atoms with Gasteiger partial charge in [0.25, 0.3) is 5.91 Å². The molecule has 1 aromatic heterocycles. The Morgan fingerprint density at radius 3 is 2.76 bits per heavy atom. The number of rotatable bonds is 7. The van der Waals surface area contributed by atoms with Crippen molar-refractivity contribution in [1.29, 1.82) is 0 Å². The Kier molecular flexibility index (Phi) is 5.69. The van der Waals surface area contributed by atoms with Gasteiger partial charge < -0.3 is 19.5 Å². The van der Waals surface area contributed by atoms with Gasteiger partial charge in [-0.25, -0.2) is 0 Å². The van der Waals surface area contributed by atoms with Crippen LogP contribution in [0.3, 0.4) is 0 Å². The van der Waals surface area contributed by atoms with Crippen LogP contribution in [-0.2, 0) is 14.3 Å². The lowest BCUT2D eigenvalue weighted by Gasteiger charge is -2.29. The molecule has 0 spiro atoms. The summed E-state index contributed by atoms with van der Waals surface area (Å²) in [7, 11) is 0. The first-order valence-electron chi connectivity index (χ1n) is 10.1. The smallest absolute Gasteiger partial charge is 0.288 e. The number of para-hydroxylation sites is 1. The van der Waals surface area contributed by atoms with Crippen molar-refractivity contribution in [2.75, 3.05) is 26.3 Å². The largest absolute Gasteiger partial charge is 0.459 e. The molecule has 0 saturated carbocycles. The summed E-state index contributed by atoms with van der Waals surface area (Å²) in [6, 6.07) is 7.78. The van der Waals surface area contributed by atoms with E-state index in [1.54, 1.807) is 16.4 Å². The lowest BCUT2D eigenvalue weighted by molar-refractivity contribution is -0.149. The van der Waals surface area contributed by atoms with Crippen LogP contribution < -0.4 is 0 Å². The molecule has 2 aliphatic heterocycles. The van der Waals surface area contributed by atoms with Crippen molar-refractivity contribution in [2.24, 2.45) is 0 Å². The molecule has 154 valence electrons. The Morgan fingerprint density at radius 2 is 2.03 bits per heavy atom. The van der Waals surface area contributed by atoms with Gasteiger partial charge in [0.2, 0.25) is 12.2 Å². The number of carbonyl (C=O) groups is 2. The van der Waals surface area contributed by atoms with Crippen LogP contribution in [0, 0.1) is 0 Å². The highest BCUT2D eigenvalue weighted by Gasteiger charge is 2.35. The average Bonchev–Trinajstić information content (AvgIpc) is 3.50. The fourth-order valence-corrected chi connectivity index (χ4v) is 3.73. The molecule has 2 aliphatic rings. The third-order valence-corrected chi connectivity index (χ3v) is 5.34. The van der Waals surface area contributed by atoms with Crippen LogP contribution in [0.2, 0.25) is 0 Å². The number of fused-ring (bicyclic) bond motifs is 1.